The normalized spacial score (nSPS) is 12.4. The molecule has 2 aromatic heterocycles. The molecule has 3 rings (SSSR count). The van der Waals surface area contributed by atoms with E-state index in [-0.39, 0.29) is 11.9 Å². The average Bonchev–Trinajstić information content (AvgIpc) is 3.19. The third-order valence-electron chi connectivity index (χ3n) is 3.69. The molecular formula is C15H19N7O. The summed E-state index contributed by atoms with van der Waals surface area (Å²) in [5.41, 5.74) is 3.07. The van der Waals surface area contributed by atoms with Crippen LogP contribution in [0.4, 0.5) is 0 Å². The first-order chi connectivity index (χ1) is 11.2. The topological polar surface area (TPSA) is 101 Å². The molecule has 0 bridgehead atoms. The summed E-state index contributed by atoms with van der Waals surface area (Å²) in [5, 5.41) is 13.8. The summed E-state index contributed by atoms with van der Waals surface area (Å²) in [5.74, 6) is 0.729. The number of tetrazole rings is 1. The summed E-state index contributed by atoms with van der Waals surface area (Å²) in [6.45, 7) is 4.51. The number of hydrogen-bond acceptors (Lipinski definition) is 5. The largest absolute Gasteiger partial charge is 0.346 e. The molecule has 1 unspecified atom stereocenters. The van der Waals surface area contributed by atoms with Gasteiger partial charge in [-0.15, -0.1) is 5.10 Å². The Bertz CT molecular complexity index is 793. The molecule has 0 saturated carbocycles. The van der Waals surface area contributed by atoms with Crippen molar-refractivity contribution in [3.63, 3.8) is 0 Å². The number of aromatic amines is 1. The Hall–Kier alpha value is -2.77. The lowest BCUT2D eigenvalue weighted by atomic mass is 10.2. The van der Waals surface area contributed by atoms with Gasteiger partial charge in [0.25, 0.3) is 0 Å². The van der Waals surface area contributed by atoms with E-state index in [1.165, 1.54) is 16.6 Å². The van der Waals surface area contributed by atoms with E-state index < -0.39 is 0 Å². The number of aryl methyl sites for hydroxylation is 2. The highest BCUT2D eigenvalue weighted by molar-refractivity contribution is 5.77. The van der Waals surface area contributed by atoms with Gasteiger partial charge < -0.3 is 10.3 Å². The zero-order valence-electron chi connectivity index (χ0n) is 13.2. The Morgan fingerprint density at radius 1 is 1.43 bits per heavy atom. The highest BCUT2D eigenvalue weighted by atomic mass is 16.1. The van der Waals surface area contributed by atoms with Crippen LogP contribution in [0, 0.1) is 6.92 Å². The van der Waals surface area contributed by atoms with Gasteiger partial charge in [-0.2, -0.15) is 0 Å². The molecule has 2 N–H and O–H groups in total. The summed E-state index contributed by atoms with van der Waals surface area (Å²) in [4.78, 5) is 20.0. The van der Waals surface area contributed by atoms with Crippen molar-refractivity contribution < 1.29 is 4.79 Å². The van der Waals surface area contributed by atoms with Crippen LogP contribution < -0.4 is 5.32 Å². The monoisotopic (exact) mass is 313 g/mol. The highest BCUT2D eigenvalue weighted by Crippen LogP contribution is 2.19. The molecule has 2 heterocycles. The fraction of sp³-hybridized carbons (Fsp3) is 0.400. The Morgan fingerprint density at radius 3 is 3.04 bits per heavy atom. The highest BCUT2D eigenvalue weighted by Gasteiger charge is 2.16. The van der Waals surface area contributed by atoms with Gasteiger partial charge in [0.05, 0.1) is 23.6 Å². The van der Waals surface area contributed by atoms with Crippen molar-refractivity contribution in [1.82, 2.24) is 35.5 Å². The Labute approximate surface area is 133 Å². The second-order valence-corrected chi connectivity index (χ2v) is 5.49. The van der Waals surface area contributed by atoms with Gasteiger partial charge in [0.2, 0.25) is 5.91 Å². The SMILES string of the molecule is CCC(NC(=O)CCn1cnnn1)c1nc2ccc(C)cc2[nH]1. The van der Waals surface area contributed by atoms with E-state index in [4.69, 9.17) is 0 Å². The van der Waals surface area contributed by atoms with Crippen LogP contribution in [0.1, 0.15) is 37.2 Å². The third-order valence-corrected chi connectivity index (χ3v) is 3.69. The number of amides is 1. The second kappa shape index (κ2) is 6.55. The van der Waals surface area contributed by atoms with Gasteiger partial charge in [0, 0.05) is 6.42 Å². The third kappa shape index (κ3) is 3.53. The number of nitrogens with one attached hydrogen (secondary N) is 2. The van der Waals surface area contributed by atoms with Crippen LogP contribution in [0.2, 0.25) is 0 Å². The number of fused-ring (bicyclic) bond motifs is 1. The molecule has 3 aromatic rings. The molecule has 0 radical (unpaired) electrons. The van der Waals surface area contributed by atoms with Crippen LogP contribution >= 0.6 is 0 Å². The standard InChI is InChI=1S/C15H19N7O/c1-3-11(17-14(23)6-7-22-9-16-20-21-22)15-18-12-5-4-10(2)8-13(12)19-15/h4-5,8-9,11H,3,6-7H2,1-2H3,(H,17,23)(H,18,19). The summed E-state index contributed by atoms with van der Waals surface area (Å²) in [7, 11) is 0. The molecule has 23 heavy (non-hydrogen) atoms. The molecule has 8 nitrogen and oxygen atoms in total. The van der Waals surface area contributed by atoms with Crippen LogP contribution in [-0.4, -0.2) is 36.1 Å². The molecule has 0 aliphatic carbocycles. The molecule has 0 aliphatic rings. The van der Waals surface area contributed by atoms with Gasteiger partial charge in [-0.3, -0.25) is 4.79 Å². The zero-order chi connectivity index (χ0) is 16.2. The van der Waals surface area contributed by atoms with Gasteiger partial charge >= 0.3 is 0 Å². The minimum atomic E-state index is -0.135. The number of nitrogens with zero attached hydrogens (tertiary/aromatic N) is 5. The first-order valence-electron chi connectivity index (χ1n) is 7.62. The number of benzene rings is 1. The molecule has 0 aliphatic heterocycles. The average molecular weight is 313 g/mol. The van der Waals surface area contributed by atoms with E-state index in [0.717, 1.165) is 23.3 Å². The number of aromatic nitrogens is 6. The van der Waals surface area contributed by atoms with Crippen molar-refractivity contribution >= 4 is 16.9 Å². The fourth-order valence-electron chi connectivity index (χ4n) is 2.44. The fourth-order valence-corrected chi connectivity index (χ4v) is 2.44. The molecule has 0 fully saturated rings. The minimum absolute atomic E-state index is 0.0519. The summed E-state index contributed by atoms with van der Waals surface area (Å²) in [6, 6.07) is 5.93. The van der Waals surface area contributed by atoms with Gasteiger partial charge in [-0.25, -0.2) is 9.67 Å². The number of imidazole rings is 1. The molecular weight excluding hydrogens is 294 g/mol. The van der Waals surface area contributed by atoms with E-state index in [0.29, 0.717) is 13.0 Å². The van der Waals surface area contributed by atoms with Crippen molar-refractivity contribution in [2.75, 3.05) is 0 Å². The predicted molar refractivity (Wildman–Crippen MR) is 84.4 cm³/mol. The van der Waals surface area contributed by atoms with Crippen molar-refractivity contribution in [3.05, 3.63) is 35.9 Å². The van der Waals surface area contributed by atoms with Gasteiger partial charge in [-0.1, -0.05) is 13.0 Å². The van der Waals surface area contributed by atoms with Gasteiger partial charge in [-0.05, 0) is 41.5 Å². The number of hydrogen-bond donors (Lipinski definition) is 2. The van der Waals surface area contributed by atoms with E-state index in [1.54, 1.807) is 0 Å². The molecule has 0 spiro atoms. The first-order valence-corrected chi connectivity index (χ1v) is 7.62. The lowest BCUT2D eigenvalue weighted by Gasteiger charge is -2.14. The first kappa shape index (κ1) is 15.1. The second-order valence-electron chi connectivity index (χ2n) is 5.49. The Balaban J connectivity index is 1.67. The number of H-pyrrole nitrogens is 1. The lowest BCUT2D eigenvalue weighted by molar-refractivity contribution is -0.122. The minimum Gasteiger partial charge on any atom is -0.346 e. The Morgan fingerprint density at radius 2 is 2.30 bits per heavy atom. The van der Waals surface area contributed by atoms with E-state index in [2.05, 4.69) is 36.9 Å². The lowest BCUT2D eigenvalue weighted by Crippen LogP contribution is -2.29. The quantitative estimate of drug-likeness (QED) is 0.718. The van der Waals surface area contributed by atoms with Crippen molar-refractivity contribution in [1.29, 1.82) is 0 Å². The molecule has 8 heteroatoms. The van der Waals surface area contributed by atoms with Crippen LogP contribution in [-0.2, 0) is 11.3 Å². The van der Waals surface area contributed by atoms with Crippen LogP contribution in [0.3, 0.4) is 0 Å². The van der Waals surface area contributed by atoms with Crippen molar-refractivity contribution in [3.8, 4) is 0 Å². The van der Waals surface area contributed by atoms with Crippen molar-refractivity contribution in [2.24, 2.45) is 0 Å². The van der Waals surface area contributed by atoms with Gasteiger partial charge in [0.1, 0.15) is 12.2 Å². The summed E-state index contributed by atoms with van der Waals surface area (Å²) >= 11 is 0. The maximum absolute atomic E-state index is 12.1. The number of rotatable bonds is 6. The van der Waals surface area contributed by atoms with Crippen LogP contribution in [0.5, 0.6) is 0 Å². The predicted octanol–water partition coefficient (Wildman–Crippen LogP) is 1.52. The van der Waals surface area contributed by atoms with Crippen molar-refractivity contribution in [2.45, 2.75) is 39.3 Å². The smallest absolute Gasteiger partial charge is 0.222 e. The van der Waals surface area contributed by atoms with E-state index in [1.807, 2.05) is 26.0 Å². The number of carbonyl (C=O) groups is 1. The van der Waals surface area contributed by atoms with Crippen LogP contribution in [0.15, 0.2) is 24.5 Å². The molecule has 1 aromatic carbocycles. The number of carbonyl (C=O) groups excluding carboxylic acids is 1. The van der Waals surface area contributed by atoms with E-state index >= 15 is 0 Å². The Kier molecular flexibility index (Phi) is 4.31. The summed E-state index contributed by atoms with van der Waals surface area (Å²) < 4.78 is 1.53. The molecule has 120 valence electrons. The van der Waals surface area contributed by atoms with Crippen LogP contribution in [0.25, 0.3) is 11.0 Å². The zero-order valence-corrected chi connectivity index (χ0v) is 13.2. The maximum Gasteiger partial charge on any atom is 0.222 e. The molecule has 0 saturated heterocycles. The van der Waals surface area contributed by atoms with E-state index in [9.17, 15) is 4.79 Å². The summed E-state index contributed by atoms with van der Waals surface area (Å²) in [6.07, 6.45) is 2.57. The van der Waals surface area contributed by atoms with Gasteiger partial charge in [0.15, 0.2) is 0 Å². The molecule has 1 atom stereocenters. The molecule has 1 amide bonds. The maximum atomic E-state index is 12.1.